The molecule has 0 aliphatic rings. The molecule has 3 nitrogen and oxygen atoms in total. The van der Waals surface area contributed by atoms with Gasteiger partial charge in [-0.05, 0) is 30.2 Å². The Balaban J connectivity index is 4.36. The fourth-order valence-corrected chi connectivity index (χ4v) is 2.48. The van der Waals surface area contributed by atoms with Gasteiger partial charge in [0, 0.05) is 12.8 Å². The van der Waals surface area contributed by atoms with E-state index in [4.69, 9.17) is 0 Å². The molecule has 0 aromatic carbocycles. The molecule has 0 aromatic rings. The molecule has 0 radical (unpaired) electrons. The first-order valence-corrected chi connectivity index (χ1v) is 8.51. The molecule has 4 heteroatoms. The maximum absolute atomic E-state index is 11.3. The molecule has 17 heavy (non-hydrogen) atoms. The van der Waals surface area contributed by atoms with Crippen LogP contribution >= 0.6 is 0 Å². The molecule has 0 spiro atoms. The van der Waals surface area contributed by atoms with Crippen molar-refractivity contribution >= 4 is 9.84 Å². The maximum atomic E-state index is 11.3. The number of hydrogen-bond donors (Lipinski definition) is 1. The van der Waals surface area contributed by atoms with E-state index in [1.807, 2.05) is 0 Å². The van der Waals surface area contributed by atoms with Gasteiger partial charge in [0.1, 0.15) is 9.84 Å². The monoisotopic (exact) mass is 263 g/mol. The van der Waals surface area contributed by atoms with Gasteiger partial charge in [-0.25, -0.2) is 8.42 Å². The van der Waals surface area contributed by atoms with Crippen molar-refractivity contribution in [3.05, 3.63) is 0 Å². The van der Waals surface area contributed by atoms with Gasteiger partial charge in [0.2, 0.25) is 0 Å². The van der Waals surface area contributed by atoms with Crippen molar-refractivity contribution < 1.29 is 8.42 Å². The van der Waals surface area contributed by atoms with Crippen LogP contribution in [-0.4, -0.2) is 33.5 Å². The van der Waals surface area contributed by atoms with E-state index in [2.05, 4.69) is 39.9 Å². The van der Waals surface area contributed by atoms with Crippen LogP contribution in [0.4, 0.5) is 0 Å². The second-order valence-corrected chi connectivity index (χ2v) is 8.47. The lowest BCUT2D eigenvalue weighted by atomic mass is 9.76. The number of hydrogen-bond acceptors (Lipinski definition) is 3. The molecule has 104 valence electrons. The normalized spacial score (nSPS) is 16.5. The van der Waals surface area contributed by atoms with Gasteiger partial charge in [0.05, 0.1) is 5.75 Å². The van der Waals surface area contributed by atoms with E-state index in [1.165, 1.54) is 6.26 Å². The summed E-state index contributed by atoms with van der Waals surface area (Å²) < 4.78 is 22.5. The standard InChI is InChI=1S/C13H29NO2S/c1-11(2)9-14-10-13(5,12(3)4)7-8-17(6,15)16/h11-12,14H,7-10H2,1-6H3. The Bertz CT molecular complexity index is 309. The molecule has 0 saturated heterocycles. The third-order valence-corrected chi connectivity index (χ3v) is 4.46. The SMILES string of the molecule is CC(C)CNCC(C)(CCS(C)(=O)=O)C(C)C. The van der Waals surface area contributed by atoms with Crippen LogP contribution < -0.4 is 5.32 Å². The molecule has 0 saturated carbocycles. The molecule has 1 atom stereocenters. The minimum Gasteiger partial charge on any atom is -0.316 e. The minimum absolute atomic E-state index is 0.0535. The van der Waals surface area contributed by atoms with Gasteiger partial charge in [-0.2, -0.15) is 0 Å². The minimum atomic E-state index is -2.86. The molecule has 0 rings (SSSR count). The number of nitrogens with one attached hydrogen (secondary N) is 1. The second kappa shape index (κ2) is 6.74. The van der Waals surface area contributed by atoms with E-state index in [1.54, 1.807) is 0 Å². The van der Waals surface area contributed by atoms with Gasteiger partial charge in [-0.15, -0.1) is 0 Å². The highest BCUT2D eigenvalue weighted by atomic mass is 32.2. The zero-order valence-electron chi connectivity index (χ0n) is 12.2. The molecule has 0 bridgehead atoms. The van der Waals surface area contributed by atoms with E-state index in [-0.39, 0.29) is 11.2 Å². The van der Waals surface area contributed by atoms with Crippen molar-refractivity contribution in [2.75, 3.05) is 25.1 Å². The summed E-state index contributed by atoms with van der Waals surface area (Å²) in [6.07, 6.45) is 2.05. The molecule has 1 unspecified atom stereocenters. The third-order valence-electron chi connectivity index (χ3n) is 3.52. The summed E-state index contributed by atoms with van der Waals surface area (Å²) >= 11 is 0. The van der Waals surface area contributed by atoms with E-state index in [9.17, 15) is 8.42 Å². The first kappa shape index (κ1) is 16.9. The maximum Gasteiger partial charge on any atom is 0.147 e. The Morgan fingerprint density at radius 2 is 1.71 bits per heavy atom. The van der Waals surface area contributed by atoms with Crippen LogP contribution in [0.1, 0.15) is 41.0 Å². The molecule has 0 heterocycles. The van der Waals surface area contributed by atoms with Crippen LogP contribution in [0.25, 0.3) is 0 Å². The number of sulfone groups is 1. The predicted molar refractivity (Wildman–Crippen MR) is 75.0 cm³/mol. The highest BCUT2D eigenvalue weighted by molar-refractivity contribution is 7.90. The van der Waals surface area contributed by atoms with E-state index < -0.39 is 9.84 Å². The smallest absolute Gasteiger partial charge is 0.147 e. The molecule has 0 amide bonds. The lowest BCUT2D eigenvalue weighted by molar-refractivity contribution is 0.199. The van der Waals surface area contributed by atoms with Gasteiger partial charge < -0.3 is 5.32 Å². The van der Waals surface area contributed by atoms with E-state index >= 15 is 0 Å². The predicted octanol–water partition coefficient (Wildman–Crippen LogP) is 2.33. The quantitative estimate of drug-likeness (QED) is 0.731. The van der Waals surface area contributed by atoms with E-state index in [0.717, 1.165) is 19.5 Å². The van der Waals surface area contributed by atoms with Gasteiger partial charge in [-0.1, -0.05) is 34.6 Å². The van der Waals surface area contributed by atoms with Gasteiger partial charge >= 0.3 is 0 Å². The number of rotatable bonds is 8. The van der Waals surface area contributed by atoms with Crippen LogP contribution in [-0.2, 0) is 9.84 Å². The summed E-state index contributed by atoms with van der Waals surface area (Å²) in [5.41, 5.74) is 0.0535. The topological polar surface area (TPSA) is 46.2 Å². The molecule has 0 aromatic heterocycles. The highest BCUT2D eigenvalue weighted by Gasteiger charge is 2.29. The van der Waals surface area contributed by atoms with Crippen molar-refractivity contribution in [3.63, 3.8) is 0 Å². The van der Waals surface area contributed by atoms with Crippen molar-refractivity contribution in [2.45, 2.75) is 41.0 Å². The summed E-state index contributed by atoms with van der Waals surface area (Å²) in [5.74, 6) is 1.38. The summed E-state index contributed by atoms with van der Waals surface area (Å²) in [5, 5.41) is 3.45. The van der Waals surface area contributed by atoms with Crippen LogP contribution in [0.3, 0.4) is 0 Å². The van der Waals surface area contributed by atoms with Crippen LogP contribution in [0, 0.1) is 17.3 Å². The third kappa shape index (κ3) is 7.77. The van der Waals surface area contributed by atoms with Crippen molar-refractivity contribution in [1.29, 1.82) is 0 Å². The lowest BCUT2D eigenvalue weighted by Gasteiger charge is -2.34. The summed E-state index contributed by atoms with van der Waals surface area (Å²) in [7, 11) is -2.86. The fourth-order valence-electron chi connectivity index (χ4n) is 1.65. The lowest BCUT2D eigenvalue weighted by Crippen LogP contribution is -2.38. The zero-order valence-corrected chi connectivity index (χ0v) is 13.0. The first-order valence-electron chi connectivity index (χ1n) is 6.45. The molecule has 1 N–H and O–H groups in total. The van der Waals surface area contributed by atoms with Crippen molar-refractivity contribution in [3.8, 4) is 0 Å². The first-order chi connectivity index (χ1) is 7.57. The van der Waals surface area contributed by atoms with Crippen LogP contribution in [0.5, 0.6) is 0 Å². The Labute approximate surface area is 107 Å². The van der Waals surface area contributed by atoms with Gasteiger partial charge in [0.15, 0.2) is 0 Å². The zero-order chi connectivity index (χ0) is 13.7. The summed E-state index contributed by atoms with van der Waals surface area (Å²) in [4.78, 5) is 0. The molecular formula is C13H29NO2S. The summed E-state index contributed by atoms with van der Waals surface area (Å²) in [6, 6.07) is 0. The van der Waals surface area contributed by atoms with Crippen LogP contribution in [0.15, 0.2) is 0 Å². The molecule has 0 aliphatic heterocycles. The Kier molecular flexibility index (Phi) is 6.70. The van der Waals surface area contributed by atoms with Gasteiger partial charge in [-0.3, -0.25) is 0 Å². The van der Waals surface area contributed by atoms with Crippen LogP contribution in [0.2, 0.25) is 0 Å². The Hall–Kier alpha value is -0.0900. The summed E-state index contributed by atoms with van der Waals surface area (Å²) in [6.45, 7) is 12.7. The van der Waals surface area contributed by atoms with Gasteiger partial charge in [0.25, 0.3) is 0 Å². The molecule has 0 aliphatic carbocycles. The highest BCUT2D eigenvalue weighted by Crippen LogP contribution is 2.30. The molecular weight excluding hydrogens is 234 g/mol. The van der Waals surface area contributed by atoms with Crippen molar-refractivity contribution in [2.24, 2.45) is 17.3 Å². The largest absolute Gasteiger partial charge is 0.316 e. The Morgan fingerprint density at radius 3 is 2.06 bits per heavy atom. The average molecular weight is 263 g/mol. The second-order valence-electron chi connectivity index (χ2n) is 6.21. The Morgan fingerprint density at radius 1 is 1.18 bits per heavy atom. The average Bonchev–Trinajstić information content (AvgIpc) is 2.12. The van der Waals surface area contributed by atoms with Crippen molar-refractivity contribution in [1.82, 2.24) is 5.32 Å². The fraction of sp³-hybridized carbons (Fsp3) is 1.00. The van der Waals surface area contributed by atoms with E-state index in [0.29, 0.717) is 11.8 Å². The molecule has 0 fully saturated rings.